The van der Waals surface area contributed by atoms with Crippen molar-refractivity contribution in [3.63, 3.8) is 0 Å². The van der Waals surface area contributed by atoms with Gasteiger partial charge in [-0.2, -0.15) is 0 Å². The van der Waals surface area contributed by atoms with Crippen LogP contribution in [0.2, 0.25) is 0 Å². The topological polar surface area (TPSA) is 76.1 Å². The first-order valence-corrected chi connectivity index (χ1v) is 7.72. The maximum absolute atomic E-state index is 12.7. The zero-order valence-electron chi connectivity index (χ0n) is 13.6. The first-order chi connectivity index (χ1) is 11.0. The number of carboxylic acid groups (broad SMARTS) is 1. The quantitative estimate of drug-likeness (QED) is 0.769. The van der Waals surface area contributed by atoms with Gasteiger partial charge < -0.3 is 14.6 Å². The Labute approximate surface area is 136 Å². The summed E-state index contributed by atoms with van der Waals surface area (Å²) >= 11 is 0. The number of rotatable bonds is 7. The van der Waals surface area contributed by atoms with Gasteiger partial charge in [-0.05, 0) is 30.7 Å². The Morgan fingerprint density at radius 1 is 1.35 bits per heavy atom. The van der Waals surface area contributed by atoms with E-state index in [1.807, 2.05) is 6.92 Å². The average molecular weight is 321 g/mol. The van der Waals surface area contributed by atoms with Crippen LogP contribution in [-0.4, -0.2) is 61.7 Å². The zero-order valence-corrected chi connectivity index (χ0v) is 13.6. The molecule has 1 atom stereocenters. The summed E-state index contributed by atoms with van der Waals surface area (Å²) in [5.74, 6) is -0.936. The average Bonchev–Trinajstić information content (AvgIpc) is 2.54. The highest BCUT2D eigenvalue weighted by Crippen LogP contribution is 2.22. The number of hydrogen-bond acceptors (Lipinski definition) is 5. The minimum Gasteiger partial charge on any atom is -0.496 e. The Bertz CT molecular complexity index is 566. The number of benzene rings is 1. The monoisotopic (exact) mass is 321 g/mol. The van der Waals surface area contributed by atoms with Crippen LogP contribution < -0.4 is 4.74 Å². The SMILES string of the molecule is COc1ccc(C(=O)C(CC(=O)O)CN2CCOCC2)cc1C. The van der Waals surface area contributed by atoms with Gasteiger partial charge in [-0.15, -0.1) is 0 Å². The normalized spacial score (nSPS) is 16.8. The van der Waals surface area contributed by atoms with Gasteiger partial charge in [-0.25, -0.2) is 0 Å². The second kappa shape index (κ2) is 8.08. The lowest BCUT2D eigenvalue weighted by atomic mass is 9.93. The number of ether oxygens (including phenoxy) is 2. The van der Waals surface area contributed by atoms with Crippen LogP contribution in [0.25, 0.3) is 0 Å². The number of morpholine rings is 1. The van der Waals surface area contributed by atoms with Gasteiger partial charge in [0.2, 0.25) is 0 Å². The fourth-order valence-corrected chi connectivity index (χ4v) is 2.81. The number of aliphatic carboxylic acids is 1. The lowest BCUT2D eigenvalue weighted by molar-refractivity contribution is -0.138. The number of carbonyl (C=O) groups excluding carboxylic acids is 1. The van der Waals surface area contributed by atoms with E-state index < -0.39 is 11.9 Å². The van der Waals surface area contributed by atoms with Crippen molar-refractivity contribution in [1.29, 1.82) is 0 Å². The number of ketones is 1. The highest BCUT2D eigenvalue weighted by atomic mass is 16.5. The van der Waals surface area contributed by atoms with Crippen molar-refractivity contribution in [1.82, 2.24) is 4.90 Å². The Kier molecular flexibility index (Phi) is 6.12. The van der Waals surface area contributed by atoms with E-state index in [0.717, 1.165) is 18.7 Å². The van der Waals surface area contributed by atoms with Crippen LogP contribution in [0.15, 0.2) is 18.2 Å². The van der Waals surface area contributed by atoms with Gasteiger partial charge in [0, 0.05) is 31.1 Å². The fraction of sp³-hybridized carbons (Fsp3) is 0.529. The molecule has 1 saturated heterocycles. The lowest BCUT2D eigenvalue weighted by Gasteiger charge is -2.29. The maximum Gasteiger partial charge on any atom is 0.304 e. The molecule has 1 aliphatic heterocycles. The molecular formula is C17H23NO5. The molecule has 1 aromatic rings. The first-order valence-electron chi connectivity index (χ1n) is 7.72. The van der Waals surface area contributed by atoms with Crippen molar-refractivity contribution < 1.29 is 24.2 Å². The molecule has 1 fully saturated rings. The molecule has 2 rings (SSSR count). The molecule has 126 valence electrons. The molecular weight excluding hydrogens is 298 g/mol. The molecule has 23 heavy (non-hydrogen) atoms. The number of methoxy groups -OCH3 is 1. The first kappa shape index (κ1) is 17.4. The van der Waals surface area contributed by atoms with Gasteiger partial charge in [0.1, 0.15) is 5.75 Å². The zero-order chi connectivity index (χ0) is 16.8. The van der Waals surface area contributed by atoms with E-state index in [1.165, 1.54) is 0 Å². The third-order valence-electron chi connectivity index (χ3n) is 4.05. The predicted octanol–water partition coefficient (Wildman–Crippen LogP) is 1.61. The molecule has 1 heterocycles. The molecule has 1 unspecified atom stereocenters. The second-order valence-electron chi connectivity index (χ2n) is 5.76. The molecule has 0 saturated carbocycles. The fourth-order valence-electron chi connectivity index (χ4n) is 2.81. The van der Waals surface area contributed by atoms with Gasteiger partial charge in [-0.3, -0.25) is 14.5 Å². The van der Waals surface area contributed by atoms with E-state index in [4.69, 9.17) is 14.6 Å². The van der Waals surface area contributed by atoms with E-state index >= 15 is 0 Å². The summed E-state index contributed by atoms with van der Waals surface area (Å²) < 4.78 is 10.5. The van der Waals surface area contributed by atoms with Crippen LogP contribution in [0.5, 0.6) is 5.75 Å². The minimum absolute atomic E-state index is 0.135. The molecule has 0 aliphatic carbocycles. The van der Waals surface area contributed by atoms with Crippen molar-refractivity contribution >= 4 is 11.8 Å². The van der Waals surface area contributed by atoms with E-state index in [2.05, 4.69) is 4.90 Å². The summed E-state index contributed by atoms with van der Waals surface area (Å²) in [5, 5.41) is 9.13. The molecule has 1 N–H and O–H groups in total. The van der Waals surface area contributed by atoms with Gasteiger partial charge in [0.05, 0.1) is 26.7 Å². The third-order valence-corrected chi connectivity index (χ3v) is 4.05. The molecule has 1 aromatic carbocycles. The van der Waals surface area contributed by atoms with E-state index in [1.54, 1.807) is 25.3 Å². The Hall–Kier alpha value is -1.92. The molecule has 6 heteroatoms. The maximum atomic E-state index is 12.7. The highest BCUT2D eigenvalue weighted by molar-refractivity contribution is 5.99. The molecule has 0 amide bonds. The van der Waals surface area contributed by atoms with Crippen molar-refractivity contribution in [3.05, 3.63) is 29.3 Å². The standard InChI is InChI=1S/C17H23NO5/c1-12-9-13(3-4-15(12)22-2)17(21)14(10-16(19)20)11-18-5-7-23-8-6-18/h3-4,9,14H,5-8,10-11H2,1-2H3,(H,19,20). The number of hydrogen-bond donors (Lipinski definition) is 1. The Morgan fingerprint density at radius 3 is 2.61 bits per heavy atom. The van der Waals surface area contributed by atoms with Crippen LogP contribution in [0.1, 0.15) is 22.3 Å². The smallest absolute Gasteiger partial charge is 0.304 e. The molecule has 0 radical (unpaired) electrons. The summed E-state index contributed by atoms with van der Waals surface area (Å²) in [4.78, 5) is 26.0. The second-order valence-corrected chi connectivity index (χ2v) is 5.76. The molecule has 0 aromatic heterocycles. The Balaban J connectivity index is 2.14. The number of nitrogens with zero attached hydrogens (tertiary/aromatic N) is 1. The predicted molar refractivity (Wildman–Crippen MR) is 85.1 cm³/mol. The number of Topliss-reactive ketones (excluding diaryl/α,β-unsaturated/α-hetero) is 1. The Morgan fingerprint density at radius 2 is 2.04 bits per heavy atom. The van der Waals surface area contributed by atoms with Crippen LogP contribution >= 0.6 is 0 Å². The summed E-state index contributed by atoms with van der Waals surface area (Å²) in [6.45, 7) is 5.00. The summed E-state index contributed by atoms with van der Waals surface area (Å²) in [6.07, 6.45) is -0.165. The molecule has 0 spiro atoms. The van der Waals surface area contributed by atoms with Crippen molar-refractivity contribution in [2.45, 2.75) is 13.3 Å². The largest absolute Gasteiger partial charge is 0.496 e. The van der Waals surface area contributed by atoms with Gasteiger partial charge in [-0.1, -0.05) is 0 Å². The van der Waals surface area contributed by atoms with Crippen molar-refractivity contribution in [3.8, 4) is 5.75 Å². The van der Waals surface area contributed by atoms with Crippen LogP contribution in [0.4, 0.5) is 0 Å². The van der Waals surface area contributed by atoms with Crippen LogP contribution in [0, 0.1) is 12.8 Å². The molecule has 0 bridgehead atoms. The van der Waals surface area contributed by atoms with Crippen LogP contribution in [0.3, 0.4) is 0 Å². The van der Waals surface area contributed by atoms with Gasteiger partial charge in [0.25, 0.3) is 0 Å². The van der Waals surface area contributed by atoms with Crippen molar-refractivity contribution in [2.24, 2.45) is 5.92 Å². The van der Waals surface area contributed by atoms with Crippen LogP contribution in [-0.2, 0) is 9.53 Å². The van der Waals surface area contributed by atoms with Crippen molar-refractivity contribution in [2.75, 3.05) is 40.0 Å². The summed E-state index contributed by atoms with van der Waals surface area (Å²) in [5.41, 5.74) is 1.39. The lowest BCUT2D eigenvalue weighted by Crippen LogP contribution is -2.41. The minimum atomic E-state index is -0.957. The van der Waals surface area contributed by atoms with E-state index in [0.29, 0.717) is 31.1 Å². The number of carboxylic acids is 1. The summed E-state index contributed by atoms with van der Waals surface area (Å²) in [6, 6.07) is 5.20. The number of carbonyl (C=O) groups is 2. The number of aryl methyl sites for hydroxylation is 1. The molecule has 1 aliphatic rings. The van der Waals surface area contributed by atoms with E-state index in [-0.39, 0.29) is 12.2 Å². The van der Waals surface area contributed by atoms with Gasteiger partial charge >= 0.3 is 5.97 Å². The molecule has 6 nitrogen and oxygen atoms in total. The third kappa shape index (κ3) is 4.77. The van der Waals surface area contributed by atoms with E-state index in [9.17, 15) is 9.59 Å². The van der Waals surface area contributed by atoms with Gasteiger partial charge in [0.15, 0.2) is 5.78 Å². The highest BCUT2D eigenvalue weighted by Gasteiger charge is 2.26. The summed E-state index contributed by atoms with van der Waals surface area (Å²) in [7, 11) is 1.58.